The van der Waals surface area contributed by atoms with Crippen LogP contribution in [0.3, 0.4) is 0 Å². The number of hydrogen-bond acceptors (Lipinski definition) is 2. The Kier molecular flexibility index (Phi) is 3.59. The average Bonchev–Trinajstić information content (AvgIpc) is 2.88. The predicted octanol–water partition coefficient (Wildman–Crippen LogP) is 5.53. The summed E-state index contributed by atoms with van der Waals surface area (Å²) in [7, 11) is 0. The zero-order valence-corrected chi connectivity index (χ0v) is 11.8. The molecule has 21 heavy (non-hydrogen) atoms. The van der Waals surface area contributed by atoms with Gasteiger partial charge in [-0.15, -0.1) is 11.3 Å². The van der Waals surface area contributed by atoms with Crippen LogP contribution >= 0.6 is 11.3 Å². The van der Waals surface area contributed by atoms with E-state index in [9.17, 15) is 13.2 Å². The van der Waals surface area contributed by atoms with Crippen molar-refractivity contribution in [3.8, 4) is 0 Å². The molecule has 0 saturated carbocycles. The number of benzene rings is 2. The lowest BCUT2D eigenvalue weighted by Crippen LogP contribution is -2.05. The third-order valence-electron chi connectivity index (χ3n) is 3.26. The molecule has 1 aromatic heterocycles. The van der Waals surface area contributed by atoms with Crippen LogP contribution in [0.2, 0.25) is 0 Å². The first-order valence-electron chi connectivity index (χ1n) is 6.40. The third-order valence-corrected chi connectivity index (χ3v) is 4.27. The molecule has 3 aromatic rings. The summed E-state index contributed by atoms with van der Waals surface area (Å²) in [6.45, 7) is 0.593. The molecule has 0 unspecified atom stereocenters. The lowest BCUT2D eigenvalue weighted by Gasteiger charge is -2.09. The molecular weight excluding hydrogens is 295 g/mol. The summed E-state index contributed by atoms with van der Waals surface area (Å²) in [4.78, 5) is 0. The van der Waals surface area contributed by atoms with Crippen molar-refractivity contribution in [2.75, 3.05) is 5.32 Å². The average molecular weight is 307 g/mol. The minimum atomic E-state index is -4.29. The maximum Gasteiger partial charge on any atom is 0.416 e. The molecule has 3 rings (SSSR count). The van der Waals surface area contributed by atoms with Crippen LogP contribution in [0.1, 0.15) is 11.1 Å². The van der Waals surface area contributed by atoms with Crippen LogP contribution < -0.4 is 5.32 Å². The quantitative estimate of drug-likeness (QED) is 0.670. The lowest BCUT2D eigenvalue weighted by molar-refractivity contribution is -0.137. The number of fused-ring (bicyclic) bond motifs is 1. The van der Waals surface area contributed by atoms with Crippen molar-refractivity contribution >= 4 is 27.1 Å². The van der Waals surface area contributed by atoms with Crippen molar-refractivity contribution in [1.82, 2.24) is 0 Å². The summed E-state index contributed by atoms with van der Waals surface area (Å²) in [5, 5.41) is 6.41. The number of hydrogen-bond donors (Lipinski definition) is 1. The van der Waals surface area contributed by atoms with Crippen LogP contribution in [-0.2, 0) is 12.7 Å². The first kappa shape index (κ1) is 13.9. The predicted molar refractivity (Wildman–Crippen MR) is 80.6 cm³/mol. The molecule has 0 saturated heterocycles. The Labute approximate surface area is 124 Å². The van der Waals surface area contributed by atoms with Gasteiger partial charge in [0.05, 0.1) is 5.56 Å². The van der Waals surface area contributed by atoms with E-state index in [0.717, 1.165) is 17.7 Å². The number of nitrogens with one attached hydrogen (secondary N) is 1. The Hall–Kier alpha value is -2.01. The van der Waals surface area contributed by atoms with Crippen molar-refractivity contribution < 1.29 is 13.2 Å². The van der Waals surface area contributed by atoms with Crippen LogP contribution in [-0.4, -0.2) is 0 Å². The molecule has 0 aliphatic carbocycles. The van der Waals surface area contributed by atoms with E-state index < -0.39 is 11.7 Å². The first-order chi connectivity index (χ1) is 10.0. The van der Waals surface area contributed by atoms with Gasteiger partial charge in [-0.05, 0) is 46.7 Å². The smallest absolute Gasteiger partial charge is 0.381 e. The van der Waals surface area contributed by atoms with Crippen molar-refractivity contribution in [2.24, 2.45) is 0 Å². The summed E-state index contributed by atoms with van der Waals surface area (Å²) in [6.07, 6.45) is -4.29. The van der Waals surface area contributed by atoms with Gasteiger partial charge in [-0.2, -0.15) is 13.2 Å². The van der Waals surface area contributed by atoms with Crippen LogP contribution in [0.4, 0.5) is 18.9 Å². The van der Waals surface area contributed by atoms with E-state index in [4.69, 9.17) is 0 Å². The molecule has 0 aliphatic rings. The Bertz CT molecular complexity index is 744. The minimum Gasteiger partial charge on any atom is -0.381 e. The molecule has 0 fully saturated rings. The molecule has 0 bridgehead atoms. The van der Waals surface area contributed by atoms with Crippen LogP contribution in [0.25, 0.3) is 10.1 Å². The fraction of sp³-hybridized carbons (Fsp3) is 0.125. The van der Waals surface area contributed by atoms with E-state index in [1.165, 1.54) is 22.2 Å². The molecule has 1 nitrogen and oxygen atoms in total. The molecule has 108 valence electrons. The molecular formula is C16H12F3NS. The van der Waals surface area contributed by atoms with Crippen LogP contribution in [0.5, 0.6) is 0 Å². The highest BCUT2D eigenvalue weighted by Crippen LogP contribution is 2.30. The second-order valence-electron chi connectivity index (χ2n) is 4.69. The SMILES string of the molecule is FC(F)(F)c1ccc(NCc2csc3ccccc23)cc1. The largest absolute Gasteiger partial charge is 0.416 e. The van der Waals surface area contributed by atoms with E-state index in [0.29, 0.717) is 12.2 Å². The third kappa shape index (κ3) is 3.03. The van der Waals surface area contributed by atoms with Gasteiger partial charge in [-0.25, -0.2) is 0 Å². The first-order valence-corrected chi connectivity index (χ1v) is 7.28. The van der Waals surface area contributed by atoms with Crippen molar-refractivity contribution in [1.29, 1.82) is 0 Å². The summed E-state index contributed by atoms with van der Waals surface area (Å²) < 4.78 is 38.7. The second-order valence-corrected chi connectivity index (χ2v) is 5.60. The molecule has 0 aliphatic heterocycles. The molecule has 1 heterocycles. The highest BCUT2D eigenvalue weighted by Gasteiger charge is 2.29. The Morgan fingerprint density at radius 2 is 1.67 bits per heavy atom. The zero-order valence-electron chi connectivity index (χ0n) is 10.9. The minimum absolute atomic E-state index is 0.593. The molecule has 0 spiro atoms. The second kappa shape index (κ2) is 5.41. The maximum absolute atomic E-state index is 12.5. The van der Waals surface area contributed by atoms with E-state index in [1.807, 2.05) is 12.1 Å². The molecule has 1 N–H and O–H groups in total. The van der Waals surface area contributed by atoms with Gasteiger partial charge in [0.25, 0.3) is 0 Å². The normalized spacial score (nSPS) is 11.8. The molecule has 0 amide bonds. The lowest BCUT2D eigenvalue weighted by atomic mass is 10.1. The highest BCUT2D eigenvalue weighted by atomic mass is 32.1. The number of rotatable bonds is 3. The van der Waals surface area contributed by atoms with E-state index in [1.54, 1.807) is 11.3 Å². The maximum atomic E-state index is 12.5. The van der Waals surface area contributed by atoms with Crippen molar-refractivity contribution in [2.45, 2.75) is 12.7 Å². The van der Waals surface area contributed by atoms with Gasteiger partial charge < -0.3 is 5.32 Å². The zero-order chi connectivity index (χ0) is 14.9. The molecule has 0 radical (unpaired) electrons. The Morgan fingerprint density at radius 3 is 2.38 bits per heavy atom. The van der Waals surface area contributed by atoms with Gasteiger partial charge in [0.1, 0.15) is 0 Å². The fourth-order valence-electron chi connectivity index (χ4n) is 2.14. The number of halogens is 3. The Balaban J connectivity index is 1.73. The fourth-order valence-corrected chi connectivity index (χ4v) is 3.11. The monoisotopic (exact) mass is 307 g/mol. The standard InChI is InChI=1S/C16H12F3NS/c17-16(18,19)12-5-7-13(8-6-12)20-9-11-10-21-15-4-2-1-3-14(11)15/h1-8,10,20H,9H2. The van der Waals surface area contributed by atoms with Crippen molar-refractivity contribution in [3.63, 3.8) is 0 Å². The number of alkyl halides is 3. The van der Waals surface area contributed by atoms with Gasteiger partial charge in [0.15, 0.2) is 0 Å². The molecule has 5 heteroatoms. The van der Waals surface area contributed by atoms with E-state index in [-0.39, 0.29) is 0 Å². The summed E-state index contributed by atoms with van der Waals surface area (Å²) in [6, 6.07) is 13.2. The van der Waals surface area contributed by atoms with Crippen molar-refractivity contribution in [3.05, 3.63) is 65.0 Å². The number of thiophene rings is 1. The van der Waals surface area contributed by atoms with Crippen LogP contribution in [0, 0.1) is 0 Å². The highest BCUT2D eigenvalue weighted by molar-refractivity contribution is 7.17. The van der Waals surface area contributed by atoms with Gasteiger partial charge in [0.2, 0.25) is 0 Å². The molecule has 0 atom stereocenters. The topological polar surface area (TPSA) is 12.0 Å². The molecule has 2 aromatic carbocycles. The Morgan fingerprint density at radius 1 is 0.952 bits per heavy atom. The van der Waals surface area contributed by atoms with Crippen LogP contribution in [0.15, 0.2) is 53.9 Å². The van der Waals surface area contributed by atoms with Gasteiger partial charge in [-0.3, -0.25) is 0 Å². The van der Waals surface area contributed by atoms with Gasteiger partial charge >= 0.3 is 6.18 Å². The van der Waals surface area contributed by atoms with Gasteiger partial charge in [-0.1, -0.05) is 18.2 Å². The van der Waals surface area contributed by atoms with Gasteiger partial charge in [0, 0.05) is 16.9 Å². The summed E-state index contributed by atoms with van der Waals surface area (Å²) >= 11 is 1.67. The van der Waals surface area contributed by atoms with E-state index in [2.05, 4.69) is 22.8 Å². The number of anilines is 1. The summed E-state index contributed by atoms with van der Waals surface area (Å²) in [5.41, 5.74) is 1.20. The van der Waals surface area contributed by atoms with E-state index >= 15 is 0 Å². The summed E-state index contributed by atoms with van der Waals surface area (Å²) in [5.74, 6) is 0.